The molecule has 0 saturated carbocycles. The molecule has 0 spiro atoms. The molecule has 1 aromatic heterocycles. The first-order valence-electron chi connectivity index (χ1n) is 4.35. The van der Waals surface area contributed by atoms with E-state index in [1.807, 2.05) is 0 Å². The zero-order chi connectivity index (χ0) is 10.8. The molecule has 1 rings (SSSR count). The van der Waals surface area contributed by atoms with Gasteiger partial charge in [-0.3, -0.25) is 4.98 Å². The minimum atomic E-state index is -2.86. The quantitative estimate of drug-likeness (QED) is 0.750. The highest BCUT2D eigenvalue weighted by atomic mass is 19.3. The smallest absolute Gasteiger partial charge is 0.277 e. The fourth-order valence-corrected chi connectivity index (χ4v) is 1.05. The van der Waals surface area contributed by atoms with Gasteiger partial charge in [-0.15, -0.1) is 0 Å². The molecular weight excluding hydrogens is 188 g/mol. The lowest BCUT2D eigenvalue weighted by Crippen LogP contribution is -2.21. The molecule has 0 N–H and O–H groups in total. The molecule has 0 radical (unpaired) electrons. The van der Waals surface area contributed by atoms with Crippen LogP contribution in [-0.4, -0.2) is 12.1 Å². The minimum Gasteiger partial charge on any atom is -0.495 e. The SMILES string of the molecule is COc1cncc(C(F)(F)C(C)C)c1. The van der Waals surface area contributed by atoms with E-state index in [1.54, 1.807) is 0 Å². The van der Waals surface area contributed by atoms with E-state index in [0.29, 0.717) is 5.75 Å². The fourth-order valence-electron chi connectivity index (χ4n) is 1.05. The maximum absolute atomic E-state index is 13.5. The highest BCUT2D eigenvalue weighted by molar-refractivity contribution is 5.26. The summed E-state index contributed by atoms with van der Waals surface area (Å²) in [5, 5.41) is 0. The Hall–Kier alpha value is -1.19. The van der Waals surface area contributed by atoms with Gasteiger partial charge in [-0.05, 0) is 6.07 Å². The monoisotopic (exact) mass is 201 g/mol. The van der Waals surface area contributed by atoms with Gasteiger partial charge in [-0.2, -0.15) is 0 Å². The normalized spacial score (nSPS) is 11.9. The molecule has 0 aromatic carbocycles. The molecule has 1 aromatic rings. The van der Waals surface area contributed by atoms with E-state index < -0.39 is 11.8 Å². The lowest BCUT2D eigenvalue weighted by atomic mass is 9.99. The summed E-state index contributed by atoms with van der Waals surface area (Å²) in [7, 11) is 1.42. The average Bonchev–Trinajstić information content (AvgIpc) is 2.17. The third-order valence-electron chi connectivity index (χ3n) is 2.06. The van der Waals surface area contributed by atoms with Crippen molar-refractivity contribution in [1.82, 2.24) is 4.98 Å². The van der Waals surface area contributed by atoms with Crippen LogP contribution in [0.4, 0.5) is 8.78 Å². The molecule has 78 valence electrons. The topological polar surface area (TPSA) is 22.1 Å². The number of hydrogen-bond acceptors (Lipinski definition) is 2. The maximum Gasteiger partial charge on any atom is 0.277 e. The molecule has 0 aliphatic heterocycles. The largest absolute Gasteiger partial charge is 0.495 e. The molecule has 0 bridgehead atoms. The van der Waals surface area contributed by atoms with Crippen LogP contribution in [-0.2, 0) is 5.92 Å². The Morgan fingerprint density at radius 2 is 2.00 bits per heavy atom. The van der Waals surface area contributed by atoms with Crippen molar-refractivity contribution in [3.05, 3.63) is 24.0 Å². The zero-order valence-electron chi connectivity index (χ0n) is 8.42. The number of methoxy groups -OCH3 is 1. The van der Waals surface area contributed by atoms with Crippen LogP contribution in [0.3, 0.4) is 0 Å². The van der Waals surface area contributed by atoms with Crippen molar-refractivity contribution in [3.63, 3.8) is 0 Å². The molecule has 0 unspecified atom stereocenters. The summed E-state index contributed by atoms with van der Waals surface area (Å²) in [6, 6.07) is 1.31. The van der Waals surface area contributed by atoms with E-state index in [-0.39, 0.29) is 5.56 Å². The second-order valence-electron chi connectivity index (χ2n) is 3.39. The summed E-state index contributed by atoms with van der Waals surface area (Å²) >= 11 is 0. The highest BCUT2D eigenvalue weighted by Gasteiger charge is 2.36. The number of ether oxygens (including phenoxy) is 1. The van der Waals surface area contributed by atoms with Gasteiger partial charge in [-0.1, -0.05) is 13.8 Å². The standard InChI is InChI=1S/C10H13F2NO/c1-7(2)10(11,12)8-4-9(14-3)6-13-5-8/h4-7H,1-3H3. The van der Waals surface area contributed by atoms with E-state index >= 15 is 0 Å². The van der Waals surface area contributed by atoms with E-state index in [2.05, 4.69) is 4.98 Å². The number of alkyl halides is 2. The second kappa shape index (κ2) is 3.90. The van der Waals surface area contributed by atoms with Crippen LogP contribution in [0.5, 0.6) is 5.75 Å². The van der Waals surface area contributed by atoms with Crippen molar-refractivity contribution in [2.45, 2.75) is 19.8 Å². The Bertz CT molecular complexity index is 313. The first kappa shape index (κ1) is 10.9. The van der Waals surface area contributed by atoms with E-state index in [0.717, 1.165) is 0 Å². The van der Waals surface area contributed by atoms with Crippen LogP contribution in [0.15, 0.2) is 18.5 Å². The van der Waals surface area contributed by atoms with E-state index in [9.17, 15) is 8.78 Å². The molecule has 0 aliphatic rings. The number of hydrogen-bond donors (Lipinski definition) is 0. The molecule has 0 aliphatic carbocycles. The summed E-state index contributed by atoms with van der Waals surface area (Å²) < 4.78 is 31.8. The molecule has 0 saturated heterocycles. The number of nitrogens with zero attached hydrogens (tertiary/aromatic N) is 1. The Labute approximate surface area is 81.9 Å². The lowest BCUT2D eigenvalue weighted by Gasteiger charge is -2.20. The van der Waals surface area contributed by atoms with Crippen molar-refractivity contribution in [1.29, 1.82) is 0 Å². The summed E-state index contributed by atoms with van der Waals surface area (Å²) in [6.07, 6.45) is 2.57. The Morgan fingerprint density at radius 1 is 1.36 bits per heavy atom. The predicted octanol–water partition coefficient (Wildman–Crippen LogP) is 2.84. The molecule has 0 fully saturated rings. The van der Waals surface area contributed by atoms with Crippen molar-refractivity contribution >= 4 is 0 Å². The van der Waals surface area contributed by atoms with Crippen molar-refractivity contribution in [2.24, 2.45) is 5.92 Å². The molecule has 4 heteroatoms. The molecule has 0 amide bonds. The summed E-state index contributed by atoms with van der Waals surface area (Å²) in [6.45, 7) is 2.94. The van der Waals surface area contributed by atoms with Crippen LogP contribution in [0, 0.1) is 5.92 Å². The maximum atomic E-state index is 13.5. The zero-order valence-corrected chi connectivity index (χ0v) is 8.42. The van der Waals surface area contributed by atoms with E-state index in [4.69, 9.17) is 4.74 Å². The van der Waals surface area contributed by atoms with Crippen LogP contribution in [0.2, 0.25) is 0 Å². The second-order valence-corrected chi connectivity index (χ2v) is 3.39. The van der Waals surface area contributed by atoms with Gasteiger partial charge < -0.3 is 4.74 Å². The molecule has 1 heterocycles. The lowest BCUT2D eigenvalue weighted by molar-refractivity contribution is -0.0518. The van der Waals surface area contributed by atoms with Gasteiger partial charge >= 0.3 is 0 Å². The van der Waals surface area contributed by atoms with Gasteiger partial charge in [0.05, 0.1) is 13.3 Å². The Morgan fingerprint density at radius 3 is 2.50 bits per heavy atom. The van der Waals surface area contributed by atoms with Gasteiger partial charge in [0.1, 0.15) is 5.75 Å². The van der Waals surface area contributed by atoms with Crippen molar-refractivity contribution in [3.8, 4) is 5.75 Å². The number of halogens is 2. The van der Waals surface area contributed by atoms with E-state index in [1.165, 1.54) is 39.4 Å². The van der Waals surface area contributed by atoms with Crippen LogP contribution in [0.25, 0.3) is 0 Å². The minimum absolute atomic E-state index is 0.105. The summed E-state index contributed by atoms with van der Waals surface area (Å²) in [4.78, 5) is 3.70. The third-order valence-corrected chi connectivity index (χ3v) is 2.06. The fraction of sp³-hybridized carbons (Fsp3) is 0.500. The predicted molar refractivity (Wildman–Crippen MR) is 49.5 cm³/mol. The Balaban J connectivity index is 3.06. The average molecular weight is 201 g/mol. The number of pyridine rings is 1. The first-order valence-corrected chi connectivity index (χ1v) is 4.35. The molecular formula is C10H13F2NO. The van der Waals surface area contributed by atoms with Crippen molar-refractivity contribution < 1.29 is 13.5 Å². The Kier molecular flexibility index (Phi) is 3.03. The van der Waals surface area contributed by atoms with Crippen LogP contribution >= 0.6 is 0 Å². The number of aromatic nitrogens is 1. The van der Waals surface area contributed by atoms with Gasteiger partial charge in [0, 0.05) is 17.7 Å². The molecule has 2 nitrogen and oxygen atoms in total. The van der Waals surface area contributed by atoms with Crippen LogP contribution < -0.4 is 4.74 Å². The summed E-state index contributed by atoms with van der Waals surface area (Å²) in [5.74, 6) is -3.26. The van der Waals surface area contributed by atoms with Gasteiger partial charge in [0.2, 0.25) is 0 Å². The summed E-state index contributed by atoms with van der Waals surface area (Å²) in [5.41, 5.74) is -0.105. The highest BCUT2D eigenvalue weighted by Crippen LogP contribution is 2.36. The molecule has 14 heavy (non-hydrogen) atoms. The van der Waals surface area contributed by atoms with Crippen LogP contribution in [0.1, 0.15) is 19.4 Å². The third kappa shape index (κ3) is 2.00. The van der Waals surface area contributed by atoms with Gasteiger partial charge in [0.15, 0.2) is 0 Å². The first-order chi connectivity index (χ1) is 6.48. The van der Waals surface area contributed by atoms with Gasteiger partial charge in [-0.25, -0.2) is 8.78 Å². The van der Waals surface area contributed by atoms with Crippen molar-refractivity contribution in [2.75, 3.05) is 7.11 Å². The van der Waals surface area contributed by atoms with Gasteiger partial charge in [0.25, 0.3) is 5.92 Å². The number of rotatable bonds is 3. The molecule has 0 atom stereocenters.